The van der Waals surface area contributed by atoms with Gasteiger partial charge in [0.1, 0.15) is 28.6 Å². The van der Waals surface area contributed by atoms with Crippen molar-refractivity contribution in [1.29, 1.82) is 0 Å². The number of likely N-dealkylation sites (N-methyl/N-ethyl adjacent to an activating group) is 1. The molecule has 5 rings (SSSR count). The molecule has 6 N–H and O–H groups in total. The van der Waals surface area contributed by atoms with Crippen molar-refractivity contribution in [3.05, 3.63) is 45.4 Å². The Bertz CT molecular complexity index is 1640. The van der Waals surface area contributed by atoms with E-state index in [4.69, 9.17) is 15.6 Å². The summed E-state index contributed by atoms with van der Waals surface area (Å²) in [6.07, 6.45) is 6.79. The highest BCUT2D eigenvalue weighted by Gasteiger charge is 2.61. The lowest BCUT2D eigenvalue weighted by molar-refractivity contribution is -0.141. The summed E-state index contributed by atoms with van der Waals surface area (Å²) in [6.45, 7) is 12.3. The summed E-state index contributed by atoms with van der Waals surface area (Å²) >= 11 is 1.37. The lowest BCUT2D eigenvalue weighted by Gasteiger charge is -2.39. The van der Waals surface area contributed by atoms with Crippen LogP contribution in [0.2, 0.25) is 0 Å². The molecule has 7 atom stereocenters. The van der Waals surface area contributed by atoms with Crippen molar-refractivity contribution in [2.75, 3.05) is 26.7 Å². The number of hydrazine groups is 1. The lowest BCUT2D eigenvalue weighted by atomic mass is 9.79. The molecule has 1 saturated carbocycles. The number of nitrogens with one attached hydrogen (secondary N) is 3. The van der Waals surface area contributed by atoms with Gasteiger partial charge in [-0.2, -0.15) is 0 Å². The molecule has 54 heavy (non-hydrogen) atoms. The Morgan fingerprint density at radius 3 is 2.54 bits per heavy atom. The second-order valence-electron chi connectivity index (χ2n) is 15.8. The van der Waals surface area contributed by atoms with Crippen molar-refractivity contribution >= 4 is 35.0 Å². The summed E-state index contributed by atoms with van der Waals surface area (Å²) in [6, 6.07) is 3.99. The van der Waals surface area contributed by atoms with E-state index in [0.29, 0.717) is 43.8 Å². The summed E-state index contributed by atoms with van der Waals surface area (Å²) in [5.74, 6) is 4.24. The van der Waals surface area contributed by atoms with E-state index in [2.05, 4.69) is 41.7 Å². The number of hydrogen-bond donors (Lipinski definition) is 5. The lowest BCUT2D eigenvalue weighted by Crippen LogP contribution is -2.57. The first-order valence-corrected chi connectivity index (χ1v) is 20.8. The van der Waals surface area contributed by atoms with Crippen LogP contribution in [0, 0.1) is 5.92 Å². The van der Waals surface area contributed by atoms with Crippen molar-refractivity contribution in [2.24, 2.45) is 11.8 Å². The fourth-order valence-electron chi connectivity index (χ4n) is 8.53. The third-order valence-corrected chi connectivity index (χ3v) is 12.4. The summed E-state index contributed by atoms with van der Waals surface area (Å²) in [7, 11) is 1.98. The molecule has 2 fully saturated rings. The number of piperidine rings is 1. The number of fused-ring (bicyclic) bond motifs is 3. The third-order valence-electron chi connectivity index (χ3n) is 11.5. The quantitative estimate of drug-likeness (QED) is 0.0804. The highest BCUT2D eigenvalue weighted by molar-refractivity contribution is 7.09. The number of thiazole rings is 1. The van der Waals surface area contributed by atoms with Gasteiger partial charge in [-0.05, 0) is 87.7 Å². The van der Waals surface area contributed by atoms with Gasteiger partial charge in [0, 0.05) is 42.5 Å². The van der Waals surface area contributed by atoms with E-state index in [1.807, 2.05) is 31.9 Å². The van der Waals surface area contributed by atoms with Crippen LogP contribution in [0.25, 0.3) is 0 Å². The van der Waals surface area contributed by atoms with Crippen LogP contribution in [0.3, 0.4) is 0 Å². The first kappa shape index (κ1) is 41.6. The van der Waals surface area contributed by atoms with Crippen molar-refractivity contribution in [1.82, 2.24) is 30.8 Å². The molecule has 1 saturated heterocycles. The number of nitrogens with two attached hydrogens (primary N) is 1. The minimum atomic E-state index is -0.624. The summed E-state index contributed by atoms with van der Waals surface area (Å²) in [5, 5.41) is 18.9. The number of nitrogens with zero attached hydrogens (tertiary/aromatic N) is 3. The van der Waals surface area contributed by atoms with Crippen molar-refractivity contribution < 1.29 is 29.0 Å². The molecule has 2 aromatic rings. The molecule has 13 nitrogen and oxygen atoms in total. The molecule has 0 spiro atoms. The number of hydrogen-bond acceptors (Lipinski definition) is 10. The maximum atomic E-state index is 14.4. The zero-order valence-electron chi connectivity index (χ0n) is 32.9. The van der Waals surface area contributed by atoms with Gasteiger partial charge in [-0.25, -0.2) is 10.8 Å². The molecule has 1 aromatic carbocycles. The number of phenols is 1. The zero-order valence-corrected chi connectivity index (χ0v) is 33.7. The number of phenolic OH excluding ortho intramolecular Hbond substituents is 1. The molecule has 2 heterocycles. The zero-order chi connectivity index (χ0) is 39.2. The number of benzene rings is 1. The average Bonchev–Trinajstić information content (AvgIpc) is 3.64. The molecule has 2 unspecified atom stereocenters. The van der Waals surface area contributed by atoms with E-state index < -0.39 is 23.6 Å². The maximum Gasteiger partial charge on any atom is 0.271 e. The predicted octanol–water partition coefficient (Wildman–Crippen LogP) is 4.87. The standard InChI is InChI=1S/C40H61N7O6S/c1-7-12-30(42-37(51)32-13-10-11-17-46(32)6)39(52)47(16-8-2)33(24(4)5)20-34(53-18-9-3)38-43-31(23-54-38)36(50)44-40-21-28(35(49)45-41)27-19-25(48)14-15-26(27)29(40)22-40/h14-15,19,23-24,28-30,32-34,48H,7-13,16-18,20-22,41H2,1-6H3,(H,42,51)(H,44,50)(H,45,49)/t28-,29?,30+,32-,33-,34-,40?/m1/s1. The number of ether oxygens (including phenoxy) is 1. The molecule has 298 valence electrons. The molecule has 2 aliphatic carbocycles. The topological polar surface area (TPSA) is 179 Å². The second-order valence-corrected chi connectivity index (χ2v) is 16.7. The van der Waals surface area contributed by atoms with Crippen LogP contribution in [0.5, 0.6) is 5.75 Å². The summed E-state index contributed by atoms with van der Waals surface area (Å²) in [4.78, 5) is 63.4. The van der Waals surface area contributed by atoms with Crippen LogP contribution in [0.15, 0.2) is 23.6 Å². The van der Waals surface area contributed by atoms with Crippen LogP contribution in [-0.4, -0.2) is 93.9 Å². The normalized spacial score (nSPS) is 23.7. The van der Waals surface area contributed by atoms with Crippen molar-refractivity contribution in [2.45, 2.75) is 140 Å². The molecule has 3 aliphatic rings. The van der Waals surface area contributed by atoms with E-state index in [1.165, 1.54) is 11.3 Å². The Hall–Kier alpha value is -3.59. The SMILES string of the molecule is CCCO[C@H](C[C@H](C(C)C)N(CCC)C(=O)[C@H](CCC)NC(=O)[C@H]1CCCCN1C)c1nc(C(=O)NC23CC2c2ccc(O)cc2[C@H](C(=O)NN)C3)cs1. The predicted molar refractivity (Wildman–Crippen MR) is 209 cm³/mol. The van der Waals surface area contributed by atoms with Crippen LogP contribution in [0.4, 0.5) is 0 Å². The molecule has 1 aliphatic heterocycles. The Morgan fingerprint density at radius 2 is 1.87 bits per heavy atom. The van der Waals surface area contributed by atoms with Gasteiger partial charge in [-0.15, -0.1) is 11.3 Å². The van der Waals surface area contributed by atoms with E-state index in [1.54, 1.807) is 17.5 Å². The van der Waals surface area contributed by atoms with E-state index >= 15 is 0 Å². The van der Waals surface area contributed by atoms with E-state index in [0.717, 1.165) is 56.2 Å². The van der Waals surface area contributed by atoms with Gasteiger partial charge in [0.2, 0.25) is 17.7 Å². The van der Waals surface area contributed by atoms with Crippen molar-refractivity contribution in [3.8, 4) is 5.75 Å². The smallest absolute Gasteiger partial charge is 0.271 e. The van der Waals surface area contributed by atoms with Crippen LogP contribution >= 0.6 is 11.3 Å². The second kappa shape index (κ2) is 18.4. The molecule has 4 amide bonds. The monoisotopic (exact) mass is 767 g/mol. The van der Waals surface area contributed by atoms with Crippen LogP contribution in [0.1, 0.15) is 143 Å². The Balaban J connectivity index is 1.33. The third kappa shape index (κ3) is 9.26. The highest BCUT2D eigenvalue weighted by Crippen LogP contribution is 2.61. The fourth-order valence-corrected chi connectivity index (χ4v) is 9.39. The van der Waals surface area contributed by atoms with Gasteiger partial charge in [0.15, 0.2) is 0 Å². The number of aromatic hydroxyl groups is 1. The minimum absolute atomic E-state index is 0.0106. The minimum Gasteiger partial charge on any atom is -0.508 e. The molecule has 14 heteroatoms. The number of aromatic nitrogens is 1. The fraction of sp³-hybridized carbons (Fsp3) is 0.675. The van der Waals surface area contributed by atoms with Crippen LogP contribution < -0.4 is 21.9 Å². The summed E-state index contributed by atoms with van der Waals surface area (Å²) in [5.41, 5.74) is 3.55. The van der Waals surface area contributed by atoms with E-state index in [9.17, 15) is 24.3 Å². The van der Waals surface area contributed by atoms with Gasteiger partial charge in [-0.1, -0.05) is 53.5 Å². The molecular weight excluding hydrogens is 707 g/mol. The number of carbonyl (C=O) groups is 4. The first-order valence-electron chi connectivity index (χ1n) is 19.9. The first-order chi connectivity index (χ1) is 25.9. The van der Waals surface area contributed by atoms with Gasteiger partial charge in [0.05, 0.1) is 12.0 Å². The largest absolute Gasteiger partial charge is 0.508 e. The molecule has 0 radical (unpaired) electrons. The number of rotatable bonds is 18. The van der Waals surface area contributed by atoms with Gasteiger partial charge >= 0.3 is 0 Å². The van der Waals surface area contributed by atoms with Gasteiger partial charge in [0.25, 0.3) is 5.91 Å². The molecular formula is C40H61N7O6S. The maximum absolute atomic E-state index is 14.4. The van der Waals surface area contributed by atoms with Gasteiger partial charge < -0.3 is 25.4 Å². The Morgan fingerprint density at radius 1 is 1.09 bits per heavy atom. The molecule has 1 aromatic heterocycles. The number of amides is 4. The van der Waals surface area contributed by atoms with Crippen LogP contribution in [-0.2, 0) is 19.1 Å². The van der Waals surface area contributed by atoms with Gasteiger partial charge in [-0.3, -0.25) is 29.5 Å². The Labute approximate surface area is 324 Å². The number of likely N-dealkylation sites (tertiary alicyclic amines) is 1. The van der Waals surface area contributed by atoms with Crippen molar-refractivity contribution in [3.63, 3.8) is 0 Å². The highest BCUT2D eigenvalue weighted by atomic mass is 32.1. The Kier molecular flexibility index (Phi) is 14.1. The van der Waals surface area contributed by atoms with E-state index in [-0.39, 0.29) is 59.0 Å². The number of carbonyl (C=O) groups excluding carboxylic acids is 4. The average molecular weight is 768 g/mol. The summed E-state index contributed by atoms with van der Waals surface area (Å²) < 4.78 is 6.43. The molecule has 0 bridgehead atoms.